The van der Waals surface area contributed by atoms with Gasteiger partial charge in [-0.3, -0.25) is 14.4 Å². The van der Waals surface area contributed by atoms with Crippen LogP contribution in [0, 0.1) is 17.3 Å². The maximum atomic E-state index is 12.9. The molecule has 4 atom stereocenters. The van der Waals surface area contributed by atoms with E-state index in [2.05, 4.69) is 0 Å². The molecule has 0 rings (SSSR count). The Morgan fingerprint density at radius 3 is 2.03 bits per heavy atom. The molecule has 0 aromatic rings. The summed E-state index contributed by atoms with van der Waals surface area (Å²) in [4.78, 5) is 35.6. The zero-order chi connectivity index (χ0) is 24.4. The number of aliphatic hydroxyl groups is 1. The average molecular weight is 443 g/mol. The molecule has 0 heterocycles. The number of allylic oxidation sites excluding steroid dienone is 1. The van der Waals surface area contributed by atoms with Gasteiger partial charge < -0.3 is 19.3 Å². The normalized spacial score (nSPS) is 16.5. The van der Waals surface area contributed by atoms with Crippen LogP contribution < -0.4 is 0 Å². The molecule has 0 saturated heterocycles. The van der Waals surface area contributed by atoms with Crippen LogP contribution in [0.3, 0.4) is 0 Å². The molecule has 7 heteroatoms. The molecule has 0 spiro atoms. The van der Waals surface area contributed by atoms with Crippen molar-refractivity contribution in [2.75, 3.05) is 14.2 Å². The van der Waals surface area contributed by atoms with Gasteiger partial charge in [-0.2, -0.15) is 0 Å². The smallest absolute Gasteiger partial charge is 0.303 e. The van der Waals surface area contributed by atoms with Gasteiger partial charge in [-0.15, -0.1) is 0 Å². The third-order valence-corrected chi connectivity index (χ3v) is 5.83. The molecule has 7 nitrogen and oxygen atoms in total. The molecule has 0 saturated carbocycles. The van der Waals surface area contributed by atoms with Crippen LogP contribution >= 0.6 is 0 Å². The van der Waals surface area contributed by atoms with Gasteiger partial charge in [0.15, 0.2) is 18.2 Å². The van der Waals surface area contributed by atoms with Crippen LogP contribution in [-0.2, 0) is 28.6 Å². The molecular weight excluding hydrogens is 400 g/mol. The Balaban J connectivity index is 4.74. The Morgan fingerprint density at radius 1 is 1.03 bits per heavy atom. The summed E-state index contributed by atoms with van der Waals surface area (Å²) in [5.41, 5.74) is 0.214. The molecular formula is C24H42O7. The van der Waals surface area contributed by atoms with E-state index in [1.807, 2.05) is 19.9 Å². The Morgan fingerprint density at radius 2 is 1.58 bits per heavy atom. The van der Waals surface area contributed by atoms with Gasteiger partial charge in [0.25, 0.3) is 0 Å². The van der Waals surface area contributed by atoms with E-state index in [1.54, 1.807) is 20.8 Å². The second-order valence-electron chi connectivity index (χ2n) is 9.03. The second kappa shape index (κ2) is 13.8. The summed E-state index contributed by atoms with van der Waals surface area (Å²) in [6.07, 6.45) is 2.47. The number of rotatable bonds is 15. The number of esters is 1. The second-order valence-corrected chi connectivity index (χ2v) is 9.03. The fourth-order valence-electron chi connectivity index (χ4n) is 3.82. The van der Waals surface area contributed by atoms with Crippen LogP contribution in [0.15, 0.2) is 11.6 Å². The van der Waals surface area contributed by atoms with Gasteiger partial charge in [0, 0.05) is 33.5 Å². The Bertz CT molecular complexity index is 619. The maximum Gasteiger partial charge on any atom is 0.303 e. The lowest BCUT2D eigenvalue weighted by atomic mass is 9.76. The highest BCUT2D eigenvalue weighted by Gasteiger charge is 2.42. The van der Waals surface area contributed by atoms with Crippen molar-refractivity contribution in [3.63, 3.8) is 0 Å². The molecule has 0 fully saturated rings. The summed E-state index contributed by atoms with van der Waals surface area (Å²) < 4.78 is 15.6. The number of methoxy groups -OCH3 is 2. The van der Waals surface area contributed by atoms with Gasteiger partial charge in [-0.1, -0.05) is 25.5 Å². The minimum Gasteiger partial charge on any atom is -0.454 e. The first kappa shape index (κ1) is 29.4. The number of ketones is 2. The highest BCUT2D eigenvalue weighted by molar-refractivity contribution is 5.87. The van der Waals surface area contributed by atoms with Gasteiger partial charge in [0.05, 0.1) is 11.5 Å². The number of hydrogen-bond acceptors (Lipinski definition) is 7. The molecule has 1 N–H and O–H groups in total. The van der Waals surface area contributed by atoms with Crippen molar-refractivity contribution in [3.8, 4) is 0 Å². The third-order valence-electron chi connectivity index (χ3n) is 5.83. The van der Waals surface area contributed by atoms with E-state index in [-0.39, 0.29) is 17.5 Å². The molecule has 0 amide bonds. The fraction of sp³-hybridized carbons (Fsp3) is 0.792. The topological polar surface area (TPSA) is 99.1 Å². The Kier molecular flexibility index (Phi) is 13.1. The summed E-state index contributed by atoms with van der Waals surface area (Å²) in [7, 11) is 2.99. The monoisotopic (exact) mass is 442 g/mol. The quantitative estimate of drug-likeness (QED) is 0.233. The summed E-state index contributed by atoms with van der Waals surface area (Å²) in [6.45, 7) is 11.9. The zero-order valence-electron chi connectivity index (χ0n) is 20.7. The molecule has 0 aromatic carbocycles. The molecule has 31 heavy (non-hydrogen) atoms. The first-order valence-corrected chi connectivity index (χ1v) is 10.9. The number of carbonyl (C=O) groups is 3. The molecule has 0 aromatic heterocycles. The average Bonchev–Trinajstić information content (AvgIpc) is 2.69. The first-order valence-electron chi connectivity index (χ1n) is 10.9. The van der Waals surface area contributed by atoms with Crippen molar-refractivity contribution in [1.29, 1.82) is 0 Å². The molecule has 0 bridgehead atoms. The van der Waals surface area contributed by atoms with Crippen molar-refractivity contribution >= 4 is 17.5 Å². The van der Waals surface area contributed by atoms with E-state index >= 15 is 0 Å². The lowest BCUT2D eigenvalue weighted by Crippen LogP contribution is -2.46. The Labute approximate surface area is 187 Å². The Hall–Kier alpha value is -1.57. The van der Waals surface area contributed by atoms with E-state index in [0.717, 1.165) is 24.8 Å². The van der Waals surface area contributed by atoms with Gasteiger partial charge in [0.2, 0.25) is 0 Å². The number of hydrogen-bond donors (Lipinski definition) is 1. The van der Waals surface area contributed by atoms with Crippen LogP contribution in [0.25, 0.3) is 0 Å². The summed E-state index contributed by atoms with van der Waals surface area (Å²) in [5.74, 6) is -1.35. The van der Waals surface area contributed by atoms with Crippen molar-refractivity contribution in [2.45, 2.75) is 92.6 Å². The van der Waals surface area contributed by atoms with Crippen LogP contribution in [0.2, 0.25) is 0 Å². The summed E-state index contributed by atoms with van der Waals surface area (Å²) in [5, 5.41) is 10.7. The van der Waals surface area contributed by atoms with Crippen molar-refractivity contribution < 1.29 is 33.7 Å². The van der Waals surface area contributed by atoms with Crippen molar-refractivity contribution in [3.05, 3.63) is 11.6 Å². The lowest BCUT2D eigenvalue weighted by Gasteiger charge is -2.35. The predicted molar refractivity (Wildman–Crippen MR) is 119 cm³/mol. The van der Waals surface area contributed by atoms with E-state index in [0.29, 0.717) is 6.42 Å². The first-order chi connectivity index (χ1) is 14.3. The maximum absolute atomic E-state index is 12.9. The van der Waals surface area contributed by atoms with Crippen molar-refractivity contribution in [1.82, 2.24) is 0 Å². The van der Waals surface area contributed by atoms with Gasteiger partial charge in [-0.25, -0.2) is 0 Å². The third kappa shape index (κ3) is 9.62. The standard InChI is InChI=1S/C24H42O7/c1-15(13-14-20(18(4)25)31-19(5)26)11-10-12-16(2)21(27)17(3)22(28)24(6,7)23(29-8)30-9/h13,16-17,20-21,23,27H,10-12,14H2,1-9H3/b15-13-/t16-,17-,20?,21+/m0/s1. The zero-order valence-corrected chi connectivity index (χ0v) is 20.7. The van der Waals surface area contributed by atoms with Crippen LogP contribution in [-0.4, -0.2) is 55.4 Å². The molecule has 0 aliphatic heterocycles. The SMILES string of the molecule is COC(OC)C(C)(C)C(=O)[C@@H](C)[C@H](O)[C@@H](C)CCC/C(C)=C\CC(OC(C)=O)C(C)=O. The molecule has 1 unspecified atom stereocenters. The summed E-state index contributed by atoms with van der Waals surface area (Å²) >= 11 is 0. The number of carbonyl (C=O) groups excluding carboxylic acids is 3. The minimum atomic E-state index is -0.877. The van der Waals surface area contributed by atoms with Crippen LogP contribution in [0.1, 0.15) is 74.1 Å². The number of aliphatic hydroxyl groups excluding tert-OH is 1. The van der Waals surface area contributed by atoms with Gasteiger partial charge in [0.1, 0.15) is 5.78 Å². The van der Waals surface area contributed by atoms with E-state index in [1.165, 1.54) is 28.1 Å². The lowest BCUT2D eigenvalue weighted by molar-refractivity contribution is -0.182. The molecule has 180 valence electrons. The van der Waals surface area contributed by atoms with Gasteiger partial charge in [-0.05, 0) is 52.9 Å². The van der Waals surface area contributed by atoms with Crippen LogP contribution in [0.5, 0.6) is 0 Å². The fourth-order valence-corrected chi connectivity index (χ4v) is 3.82. The minimum absolute atomic E-state index is 0.0582. The summed E-state index contributed by atoms with van der Waals surface area (Å²) in [6, 6.07) is 0. The van der Waals surface area contributed by atoms with E-state index in [9.17, 15) is 19.5 Å². The van der Waals surface area contributed by atoms with E-state index in [4.69, 9.17) is 14.2 Å². The number of ether oxygens (including phenoxy) is 3. The van der Waals surface area contributed by atoms with Gasteiger partial charge >= 0.3 is 5.97 Å². The predicted octanol–water partition coefficient (Wildman–Crippen LogP) is 3.86. The molecule has 0 radical (unpaired) electrons. The largest absolute Gasteiger partial charge is 0.454 e. The number of Topliss-reactive ketones (excluding diaryl/α,β-unsaturated/α-hetero) is 2. The highest BCUT2D eigenvalue weighted by atomic mass is 16.7. The van der Waals surface area contributed by atoms with Crippen LogP contribution in [0.4, 0.5) is 0 Å². The van der Waals surface area contributed by atoms with E-state index < -0.39 is 35.8 Å². The van der Waals surface area contributed by atoms with Crippen molar-refractivity contribution in [2.24, 2.45) is 17.3 Å². The molecule has 0 aliphatic carbocycles. The highest BCUT2D eigenvalue weighted by Crippen LogP contribution is 2.31. The molecule has 0 aliphatic rings.